The maximum atomic E-state index is 13.4. The summed E-state index contributed by atoms with van der Waals surface area (Å²) in [5, 5.41) is 4.52. The Labute approximate surface area is 180 Å². The number of ether oxygens (including phenoxy) is 2. The SMILES string of the molecule is CCOC(=O)c1c(-c2ccccc2)c(-c2ccccc2)nn(C(C)C(=O)OCC)c1=O. The molecule has 0 saturated carbocycles. The molecule has 0 fully saturated rings. The fourth-order valence-corrected chi connectivity index (χ4v) is 3.24. The molecule has 2 aromatic carbocycles. The van der Waals surface area contributed by atoms with Gasteiger partial charge in [-0.15, -0.1) is 0 Å². The third-order valence-electron chi connectivity index (χ3n) is 4.70. The summed E-state index contributed by atoms with van der Waals surface area (Å²) in [4.78, 5) is 38.7. The number of nitrogens with zero attached hydrogens (tertiary/aromatic N) is 2. The van der Waals surface area contributed by atoms with Crippen molar-refractivity contribution in [1.82, 2.24) is 9.78 Å². The molecule has 0 amide bonds. The van der Waals surface area contributed by atoms with Crippen LogP contribution in [0, 0.1) is 0 Å². The van der Waals surface area contributed by atoms with E-state index in [1.165, 1.54) is 6.92 Å². The highest BCUT2D eigenvalue weighted by atomic mass is 16.5. The Hall–Kier alpha value is -3.74. The molecule has 160 valence electrons. The zero-order valence-corrected chi connectivity index (χ0v) is 17.7. The minimum Gasteiger partial charge on any atom is -0.464 e. The largest absolute Gasteiger partial charge is 0.464 e. The van der Waals surface area contributed by atoms with Gasteiger partial charge in [-0.2, -0.15) is 5.10 Å². The van der Waals surface area contributed by atoms with E-state index in [0.29, 0.717) is 22.4 Å². The monoisotopic (exact) mass is 420 g/mol. The number of carbonyl (C=O) groups is 2. The van der Waals surface area contributed by atoms with Gasteiger partial charge in [-0.05, 0) is 26.3 Å². The summed E-state index contributed by atoms with van der Waals surface area (Å²) in [6, 6.07) is 17.2. The molecule has 3 aromatic rings. The van der Waals surface area contributed by atoms with Crippen molar-refractivity contribution >= 4 is 11.9 Å². The van der Waals surface area contributed by atoms with E-state index in [1.54, 1.807) is 26.0 Å². The maximum Gasteiger partial charge on any atom is 0.344 e. The van der Waals surface area contributed by atoms with E-state index in [0.717, 1.165) is 4.68 Å². The lowest BCUT2D eigenvalue weighted by Gasteiger charge is -2.19. The number of aromatic nitrogens is 2. The summed E-state index contributed by atoms with van der Waals surface area (Å²) < 4.78 is 11.3. The van der Waals surface area contributed by atoms with Crippen LogP contribution in [0.1, 0.15) is 37.2 Å². The maximum absolute atomic E-state index is 13.4. The Morgan fingerprint density at radius 3 is 2.00 bits per heavy atom. The molecule has 0 bridgehead atoms. The first-order valence-electron chi connectivity index (χ1n) is 10.1. The van der Waals surface area contributed by atoms with Crippen molar-refractivity contribution in [2.24, 2.45) is 0 Å². The molecule has 0 N–H and O–H groups in total. The quantitative estimate of drug-likeness (QED) is 0.539. The second-order valence-corrected chi connectivity index (χ2v) is 6.73. The summed E-state index contributed by atoms with van der Waals surface area (Å²) in [7, 11) is 0. The molecule has 31 heavy (non-hydrogen) atoms. The summed E-state index contributed by atoms with van der Waals surface area (Å²) >= 11 is 0. The molecule has 1 unspecified atom stereocenters. The van der Waals surface area contributed by atoms with E-state index in [1.807, 2.05) is 48.5 Å². The molecule has 0 aliphatic carbocycles. The summed E-state index contributed by atoms with van der Waals surface area (Å²) in [5.41, 5.74) is 1.21. The lowest BCUT2D eigenvalue weighted by molar-refractivity contribution is -0.147. The molecule has 7 nitrogen and oxygen atoms in total. The van der Waals surface area contributed by atoms with Gasteiger partial charge in [-0.25, -0.2) is 14.3 Å². The highest BCUT2D eigenvalue weighted by Crippen LogP contribution is 2.32. The standard InChI is InChI=1S/C24H24N2O5/c1-4-30-23(28)16(3)26-22(27)20(24(29)31-5-2)19(17-12-8-6-9-13-17)21(25-26)18-14-10-7-11-15-18/h6-16H,4-5H2,1-3H3. The van der Waals surface area contributed by atoms with Crippen LogP contribution in [0.4, 0.5) is 0 Å². The lowest BCUT2D eigenvalue weighted by atomic mass is 9.95. The van der Waals surface area contributed by atoms with Gasteiger partial charge in [0.25, 0.3) is 5.56 Å². The van der Waals surface area contributed by atoms with Crippen molar-refractivity contribution in [3.63, 3.8) is 0 Å². The topological polar surface area (TPSA) is 87.5 Å². The molecule has 0 aliphatic rings. The van der Waals surface area contributed by atoms with Crippen LogP contribution in [0.15, 0.2) is 65.5 Å². The van der Waals surface area contributed by atoms with E-state index < -0.39 is 23.5 Å². The minimum absolute atomic E-state index is 0.100. The van der Waals surface area contributed by atoms with Crippen molar-refractivity contribution < 1.29 is 19.1 Å². The first-order valence-corrected chi connectivity index (χ1v) is 10.1. The Morgan fingerprint density at radius 2 is 1.45 bits per heavy atom. The first kappa shape index (κ1) is 22.0. The number of carbonyl (C=O) groups excluding carboxylic acids is 2. The van der Waals surface area contributed by atoms with Gasteiger partial charge in [0.1, 0.15) is 5.56 Å². The third kappa shape index (κ3) is 4.55. The number of benzene rings is 2. The number of hydrogen-bond donors (Lipinski definition) is 0. The summed E-state index contributed by atoms with van der Waals surface area (Å²) in [6.45, 7) is 5.12. The van der Waals surface area contributed by atoms with Gasteiger partial charge in [-0.1, -0.05) is 60.7 Å². The van der Waals surface area contributed by atoms with Gasteiger partial charge in [-0.3, -0.25) is 4.79 Å². The fraction of sp³-hybridized carbons (Fsp3) is 0.250. The van der Waals surface area contributed by atoms with Crippen LogP contribution in [0.3, 0.4) is 0 Å². The molecular weight excluding hydrogens is 396 g/mol. The van der Waals surface area contributed by atoms with Crippen molar-refractivity contribution in [1.29, 1.82) is 0 Å². The Kier molecular flexibility index (Phi) is 6.97. The predicted molar refractivity (Wildman–Crippen MR) is 117 cm³/mol. The second-order valence-electron chi connectivity index (χ2n) is 6.73. The molecule has 1 atom stereocenters. The number of rotatable bonds is 7. The van der Waals surface area contributed by atoms with Gasteiger partial charge < -0.3 is 9.47 Å². The fourth-order valence-electron chi connectivity index (χ4n) is 3.24. The number of esters is 2. The zero-order valence-electron chi connectivity index (χ0n) is 17.7. The molecule has 3 rings (SSSR count). The normalized spacial score (nSPS) is 11.6. The van der Waals surface area contributed by atoms with E-state index in [4.69, 9.17) is 9.47 Å². The van der Waals surface area contributed by atoms with Gasteiger partial charge in [0.15, 0.2) is 6.04 Å². The molecule has 0 saturated heterocycles. The van der Waals surface area contributed by atoms with Crippen LogP contribution in [0.5, 0.6) is 0 Å². The van der Waals surface area contributed by atoms with Gasteiger partial charge in [0.05, 0.1) is 18.9 Å². The van der Waals surface area contributed by atoms with Gasteiger partial charge in [0, 0.05) is 11.1 Å². The van der Waals surface area contributed by atoms with Gasteiger partial charge in [0.2, 0.25) is 0 Å². The molecular formula is C24H24N2O5. The predicted octanol–water partition coefficient (Wildman–Crippen LogP) is 3.88. The summed E-state index contributed by atoms with van der Waals surface area (Å²) in [5.74, 6) is -1.38. The Bertz CT molecular complexity index is 1120. The Balaban J connectivity index is 2.40. The van der Waals surface area contributed by atoms with Crippen LogP contribution in [0.25, 0.3) is 22.4 Å². The van der Waals surface area contributed by atoms with Crippen molar-refractivity contribution in [3.8, 4) is 22.4 Å². The molecule has 0 aliphatic heterocycles. The van der Waals surface area contributed by atoms with Crippen LogP contribution in [-0.4, -0.2) is 34.9 Å². The Morgan fingerprint density at radius 1 is 0.903 bits per heavy atom. The van der Waals surface area contributed by atoms with Crippen molar-refractivity contribution in [3.05, 3.63) is 76.6 Å². The smallest absolute Gasteiger partial charge is 0.344 e. The average Bonchev–Trinajstić information content (AvgIpc) is 2.79. The molecule has 0 radical (unpaired) electrons. The van der Waals surface area contributed by atoms with E-state index in [2.05, 4.69) is 5.10 Å². The zero-order chi connectivity index (χ0) is 22.4. The van der Waals surface area contributed by atoms with Crippen LogP contribution in [-0.2, 0) is 14.3 Å². The highest BCUT2D eigenvalue weighted by Gasteiger charge is 2.29. The highest BCUT2D eigenvalue weighted by molar-refractivity contribution is 6.01. The first-order chi connectivity index (χ1) is 15.0. The van der Waals surface area contributed by atoms with Crippen LogP contribution < -0.4 is 5.56 Å². The third-order valence-corrected chi connectivity index (χ3v) is 4.70. The van der Waals surface area contributed by atoms with Crippen molar-refractivity contribution in [2.45, 2.75) is 26.8 Å². The second kappa shape index (κ2) is 9.84. The molecule has 1 heterocycles. The van der Waals surface area contributed by atoms with Crippen LogP contribution >= 0.6 is 0 Å². The molecule has 1 aromatic heterocycles. The lowest BCUT2D eigenvalue weighted by Crippen LogP contribution is -2.36. The average molecular weight is 420 g/mol. The van der Waals surface area contributed by atoms with Crippen LogP contribution in [0.2, 0.25) is 0 Å². The van der Waals surface area contributed by atoms with E-state index in [9.17, 15) is 14.4 Å². The summed E-state index contributed by atoms with van der Waals surface area (Å²) in [6.07, 6.45) is 0. The molecule has 0 spiro atoms. The van der Waals surface area contributed by atoms with Crippen molar-refractivity contribution in [2.75, 3.05) is 13.2 Å². The minimum atomic E-state index is -1.02. The number of hydrogen-bond acceptors (Lipinski definition) is 6. The van der Waals surface area contributed by atoms with Gasteiger partial charge >= 0.3 is 11.9 Å². The molecule has 7 heteroatoms. The van der Waals surface area contributed by atoms with E-state index in [-0.39, 0.29) is 18.8 Å². The van der Waals surface area contributed by atoms with E-state index >= 15 is 0 Å².